The van der Waals surface area contributed by atoms with Gasteiger partial charge in [0.2, 0.25) is 5.91 Å². The second-order valence-corrected chi connectivity index (χ2v) is 5.86. The summed E-state index contributed by atoms with van der Waals surface area (Å²) in [4.78, 5) is 11.2. The molecule has 0 saturated carbocycles. The van der Waals surface area contributed by atoms with E-state index in [0.717, 1.165) is 16.5 Å². The molecule has 0 fully saturated rings. The number of primary amides is 1. The van der Waals surface area contributed by atoms with Gasteiger partial charge in [0.1, 0.15) is 5.82 Å². The van der Waals surface area contributed by atoms with Crippen LogP contribution in [0.15, 0.2) is 29.4 Å². The number of nitrogens with two attached hydrogens (primary N) is 2. The SMILES string of the molecule is CC(C)n1c(CN)nnc1SCc1cccc(C(N)=O)c1. The number of thioether (sulfide) groups is 1. The zero-order valence-corrected chi connectivity index (χ0v) is 12.9. The molecular weight excluding hydrogens is 286 g/mol. The summed E-state index contributed by atoms with van der Waals surface area (Å²) in [6, 6.07) is 7.54. The van der Waals surface area contributed by atoms with Crippen LogP contribution in [0, 0.1) is 0 Å². The Kier molecular flexibility index (Phi) is 4.98. The van der Waals surface area contributed by atoms with E-state index in [0.29, 0.717) is 17.9 Å². The van der Waals surface area contributed by atoms with Crippen LogP contribution < -0.4 is 11.5 Å². The predicted octanol–water partition coefficient (Wildman–Crippen LogP) is 1.71. The van der Waals surface area contributed by atoms with Crippen molar-refractivity contribution in [3.63, 3.8) is 0 Å². The molecule has 0 saturated heterocycles. The molecule has 0 bridgehead atoms. The van der Waals surface area contributed by atoms with Gasteiger partial charge >= 0.3 is 0 Å². The van der Waals surface area contributed by atoms with Crippen molar-refractivity contribution in [3.05, 3.63) is 41.2 Å². The summed E-state index contributed by atoms with van der Waals surface area (Å²) in [6.07, 6.45) is 0. The van der Waals surface area contributed by atoms with Crippen LogP contribution in [0.1, 0.15) is 41.6 Å². The average molecular weight is 305 g/mol. The Labute approximate surface area is 127 Å². The van der Waals surface area contributed by atoms with Gasteiger partial charge in [-0.15, -0.1) is 10.2 Å². The predicted molar refractivity (Wildman–Crippen MR) is 82.8 cm³/mol. The van der Waals surface area contributed by atoms with E-state index in [2.05, 4.69) is 24.0 Å². The zero-order chi connectivity index (χ0) is 15.4. The lowest BCUT2D eigenvalue weighted by molar-refractivity contribution is 0.1000. The largest absolute Gasteiger partial charge is 0.366 e. The Morgan fingerprint density at radius 3 is 2.76 bits per heavy atom. The maximum atomic E-state index is 11.2. The minimum Gasteiger partial charge on any atom is -0.366 e. The maximum Gasteiger partial charge on any atom is 0.248 e. The quantitative estimate of drug-likeness (QED) is 0.791. The van der Waals surface area contributed by atoms with Gasteiger partial charge in [0.05, 0.1) is 6.54 Å². The van der Waals surface area contributed by atoms with Crippen LogP contribution >= 0.6 is 11.8 Å². The normalized spacial score (nSPS) is 11.0. The highest BCUT2D eigenvalue weighted by molar-refractivity contribution is 7.98. The molecule has 0 radical (unpaired) electrons. The first-order valence-corrected chi connectivity index (χ1v) is 7.67. The summed E-state index contributed by atoms with van der Waals surface area (Å²) in [5.74, 6) is 1.05. The number of hydrogen-bond acceptors (Lipinski definition) is 5. The fraction of sp³-hybridized carbons (Fsp3) is 0.357. The smallest absolute Gasteiger partial charge is 0.248 e. The van der Waals surface area contributed by atoms with Crippen LogP contribution in [0.2, 0.25) is 0 Å². The fourth-order valence-corrected chi connectivity index (χ4v) is 3.06. The van der Waals surface area contributed by atoms with Crippen molar-refractivity contribution in [2.75, 3.05) is 0 Å². The molecule has 0 atom stereocenters. The van der Waals surface area contributed by atoms with Gasteiger partial charge in [0.25, 0.3) is 0 Å². The number of carbonyl (C=O) groups is 1. The van der Waals surface area contributed by atoms with Crippen molar-refractivity contribution in [2.45, 2.75) is 37.3 Å². The molecule has 21 heavy (non-hydrogen) atoms. The Morgan fingerprint density at radius 1 is 1.38 bits per heavy atom. The fourth-order valence-electron chi connectivity index (χ4n) is 2.03. The van der Waals surface area contributed by atoms with Gasteiger partial charge in [-0.3, -0.25) is 4.79 Å². The number of rotatable bonds is 6. The summed E-state index contributed by atoms with van der Waals surface area (Å²) < 4.78 is 2.03. The highest BCUT2D eigenvalue weighted by Crippen LogP contribution is 2.25. The maximum absolute atomic E-state index is 11.2. The molecule has 1 amide bonds. The van der Waals surface area contributed by atoms with Crippen molar-refractivity contribution in [3.8, 4) is 0 Å². The van der Waals surface area contributed by atoms with E-state index in [1.165, 1.54) is 0 Å². The van der Waals surface area contributed by atoms with E-state index in [1.54, 1.807) is 23.9 Å². The average Bonchev–Trinajstić information content (AvgIpc) is 2.88. The molecule has 0 unspecified atom stereocenters. The molecule has 0 aliphatic rings. The van der Waals surface area contributed by atoms with Crippen LogP contribution in [-0.2, 0) is 12.3 Å². The molecular formula is C14H19N5OS. The Bertz CT molecular complexity index is 638. The zero-order valence-electron chi connectivity index (χ0n) is 12.1. The Hall–Kier alpha value is -1.86. The Balaban J connectivity index is 2.15. The van der Waals surface area contributed by atoms with E-state index in [9.17, 15) is 4.79 Å². The first-order chi connectivity index (χ1) is 10.0. The summed E-state index contributed by atoms with van der Waals surface area (Å²) in [5.41, 5.74) is 12.5. The second-order valence-electron chi connectivity index (χ2n) is 4.92. The minimum atomic E-state index is -0.419. The number of hydrogen-bond donors (Lipinski definition) is 2. The number of carbonyl (C=O) groups excluding carboxylic acids is 1. The highest BCUT2D eigenvalue weighted by Gasteiger charge is 2.14. The van der Waals surface area contributed by atoms with Gasteiger partial charge in [-0.05, 0) is 31.5 Å². The molecule has 1 aromatic carbocycles. The van der Waals surface area contributed by atoms with E-state index in [4.69, 9.17) is 11.5 Å². The lowest BCUT2D eigenvalue weighted by Gasteiger charge is -2.12. The number of amides is 1. The van der Waals surface area contributed by atoms with Gasteiger partial charge < -0.3 is 16.0 Å². The summed E-state index contributed by atoms with van der Waals surface area (Å²) in [7, 11) is 0. The van der Waals surface area contributed by atoms with Gasteiger partial charge in [-0.25, -0.2) is 0 Å². The summed E-state index contributed by atoms with van der Waals surface area (Å²) in [6.45, 7) is 4.50. The van der Waals surface area contributed by atoms with Crippen LogP contribution in [-0.4, -0.2) is 20.7 Å². The summed E-state index contributed by atoms with van der Waals surface area (Å²) >= 11 is 1.57. The molecule has 112 valence electrons. The molecule has 6 nitrogen and oxygen atoms in total. The molecule has 1 aromatic heterocycles. The third-order valence-corrected chi connectivity index (χ3v) is 4.03. The first kappa shape index (κ1) is 15.5. The molecule has 4 N–H and O–H groups in total. The van der Waals surface area contributed by atoms with Gasteiger partial charge in [-0.2, -0.15) is 0 Å². The lowest BCUT2D eigenvalue weighted by Crippen LogP contribution is -2.11. The third kappa shape index (κ3) is 3.62. The molecule has 2 rings (SSSR count). The van der Waals surface area contributed by atoms with Crippen molar-refractivity contribution in [1.82, 2.24) is 14.8 Å². The third-order valence-electron chi connectivity index (χ3n) is 3.01. The Morgan fingerprint density at radius 2 is 2.14 bits per heavy atom. The van der Waals surface area contributed by atoms with Crippen LogP contribution in [0.4, 0.5) is 0 Å². The van der Waals surface area contributed by atoms with E-state index < -0.39 is 5.91 Å². The molecule has 0 aliphatic heterocycles. The molecule has 7 heteroatoms. The number of nitrogens with zero attached hydrogens (tertiary/aromatic N) is 3. The molecule has 1 heterocycles. The van der Waals surface area contributed by atoms with E-state index in [1.807, 2.05) is 16.7 Å². The molecule has 2 aromatic rings. The molecule has 0 spiro atoms. The van der Waals surface area contributed by atoms with Gasteiger partial charge in [0, 0.05) is 17.4 Å². The highest BCUT2D eigenvalue weighted by atomic mass is 32.2. The van der Waals surface area contributed by atoms with Crippen LogP contribution in [0.3, 0.4) is 0 Å². The number of aromatic nitrogens is 3. The van der Waals surface area contributed by atoms with Gasteiger partial charge in [-0.1, -0.05) is 23.9 Å². The first-order valence-electron chi connectivity index (χ1n) is 6.68. The topological polar surface area (TPSA) is 99.8 Å². The summed E-state index contributed by atoms with van der Waals surface area (Å²) in [5, 5.41) is 9.12. The lowest BCUT2D eigenvalue weighted by atomic mass is 10.1. The number of benzene rings is 1. The monoisotopic (exact) mass is 305 g/mol. The van der Waals surface area contributed by atoms with E-state index >= 15 is 0 Å². The molecule has 0 aliphatic carbocycles. The van der Waals surface area contributed by atoms with Crippen LogP contribution in [0.5, 0.6) is 0 Å². The van der Waals surface area contributed by atoms with Crippen LogP contribution in [0.25, 0.3) is 0 Å². The van der Waals surface area contributed by atoms with Crippen molar-refractivity contribution < 1.29 is 4.79 Å². The van der Waals surface area contributed by atoms with Crippen molar-refractivity contribution in [2.24, 2.45) is 11.5 Å². The standard InChI is InChI=1S/C14H19N5OS/c1-9(2)19-12(7-15)17-18-14(19)21-8-10-4-3-5-11(6-10)13(16)20/h3-6,9H,7-8,15H2,1-2H3,(H2,16,20). The minimum absolute atomic E-state index is 0.248. The van der Waals surface area contributed by atoms with Crippen molar-refractivity contribution >= 4 is 17.7 Å². The van der Waals surface area contributed by atoms with Crippen molar-refractivity contribution in [1.29, 1.82) is 0 Å². The van der Waals surface area contributed by atoms with Gasteiger partial charge in [0.15, 0.2) is 5.16 Å². The second kappa shape index (κ2) is 6.73. The van der Waals surface area contributed by atoms with E-state index in [-0.39, 0.29) is 6.04 Å².